The van der Waals surface area contributed by atoms with Crippen LogP contribution in [0.15, 0.2) is 30.5 Å². The van der Waals surface area contributed by atoms with E-state index in [0.29, 0.717) is 0 Å². The summed E-state index contributed by atoms with van der Waals surface area (Å²) in [6.07, 6.45) is 5.84. The van der Waals surface area contributed by atoms with Gasteiger partial charge < -0.3 is 5.32 Å². The fourth-order valence-corrected chi connectivity index (χ4v) is 2.85. The Morgan fingerprint density at radius 2 is 1.95 bits per heavy atom. The predicted octanol–water partition coefficient (Wildman–Crippen LogP) is 3.15. The van der Waals surface area contributed by atoms with Crippen LogP contribution in [0.1, 0.15) is 48.1 Å². The van der Waals surface area contributed by atoms with Crippen LogP contribution in [0.5, 0.6) is 0 Å². The minimum atomic E-state index is 0.817. The van der Waals surface area contributed by atoms with Gasteiger partial charge in [-0.15, -0.1) is 0 Å². The maximum absolute atomic E-state index is 4.49. The first kappa shape index (κ1) is 13.4. The van der Waals surface area contributed by atoms with Gasteiger partial charge in [0, 0.05) is 31.9 Å². The Morgan fingerprint density at radius 3 is 2.70 bits per heavy atom. The van der Waals surface area contributed by atoms with Crippen LogP contribution in [0, 0.1) is 0 Å². The molecule has 1 aromatic carbocycles. The maximum Gasteiger partial charge on any atom is 0.0666 e. The van der Waals surface area contributed by atoms with Crippen LogP contribution in [0.4, 0.5) is 0 Å². The van der Waals surface area contributed by atoms with E-state index in [1.54, 1.807) is 5.56 Å². The Kier molecular flexibility index (Phi) is 3.88. The first-order valence-electron chi connectivity index (χ1n) is 7.58. The molecule has 3 rings (SSSR count). The molecular weight excluding hydrogens is 246 g/mol. The maximum atomic E-state index is 4.49. The smallest absolute Gasteiger partial charge is 0.0666 e. The Balaban J connectivity index is 1.62. The Bertz CT molecular complexity index is 582. The van der Waals surface area contributed by atoms with Gasteiger partial charge in [-0.25, -0.2) is 0 Å². The highest BCUT2D eigenvalue weighted by Crippen LogP contribution is 2.41. The van der Waals surface area contributed by atoms with E-state index < -0.39 is 0 Å². The molecule has 1 heterocycles. The van der Waals surface area contributed by atoms with Crippen molar-refractivity contribution in [1.29, 1.82) is 0 Å². The second-order valence-corrected chi connectivity index (χ2v) is 5.70. The summed E-state index contributed by atoms with van der Waals surface area (Å²) in [4.78, 5) is 0. The van der Waals surface area contributed by atoms with Crippen LogP contribution < -0.4 is 5.32 Å². The van der Waals surface area contributed by atoms with E-state index in [2.05, 4.69) is 47.8 Å². The number of aryl methyl sites for hydroxylation is 2. The van der Waals surface area contributed by atoms with E-state index >= 15 is 0 Å². The van der Waals surface area contributed by atoms with Crippen molar-refractivity contribution in [1.82, 2.24) is 15.1 Å². The normalized spacial score (nSPS) is 14.7. The minimum Gasteiger partial charge on any atom is -0.308 e. The van der Waals surface area contributed by atoms with Crippen molar-refractivity contribution in [3.8, 4) is 0 Å². The first-order valence-corrected chi connectivity index (χ1v) is 7.58. The zero-order valence-electron chi connectivity index (χ0n) is 12.4. The predicted molar refractivity (Wildman–Crippen MR) is 81.5 cm³/mol. The standard InChI is InChI=1S/C17H23N3/c1-3-17-15(12-20(2)19-17)11-18-10-14-6-4-5-7-16(14)13-8-9-13/h4-7,12-13,18H,3,8-11H2,1-2H3. The molecule has 0 bridgehead atoms. The first-order chi connectivity index (χ1) is 9.78. The third kappa shape index (κ3) is 2.93. The highest BCUT2D eigenvalue weighted by Gasteiger charge is 2.25. The monoisotopic (exact) mass is 269 g/mol. The molecule has 1 aliphatic rings. The number of hydrogen-bond donors (Lipinski definition) is 1. The van der Waals surface area contributed by atoms with Gasteiger partial charge in [-0.2, -0.15) is 5.10 Å². The molecule has 0 amide bonds. The van der Waals surface area contributed by atoms with Gasteiger partial charge in [0.2, 0.25) is 0 Å². The molecule has 1 saturated carbocycles. The molecule has 3 nitrogen and oxygen atoms in total. The van der Waals surface area contributed by atoms with Crippen molar-refractivity contribution in [2.24, 2.45) is 7.05 Å². The third-order valence-electron chi connectivity index (χ3n) is 4.03. The summed E-state index contributed by atoms with van der Waals surface area (Å²) in [5.74, 6) is 0.817. The summed E-state index contributed by atoms with van der Waals surface area (Å²) in [6.45, 7) is 4.01. The van der Waals surface area contributed by atoms with Crippen LogP contribution in [0.3, 0.4) is 0 Å². The molecule has 0 radical (unpaired) electrons. The molecule has 1 aliphatic carbocycles. The molecule has 20 heavy (non-hydrogen) atoms. The SMILES string of the molecule is CCc1nn(C)cc1CNCc1ccccc1C1CC1. The molecule has 2 aromatic rings. The van der Waals surface area contributed by atoms with Crippen LogP contribution in [0.25, 0.3) is 0 Å². The topological polar surface area (TPSA) is 29.9 Å². The number of nitrogens with zero attached hydrogens (tertiary/aromatic N) is 2. The van der Waals surface area contributed by atoms with Gasteiger partial charge in [0.15, 0.2) is 0 Å². The molecule has 1 N–H and O–H groups in total. The molecular formula is C17H23N3. The van der Waals surface area contributed by atoms with E-state index in [4.69, 9.17) is 0 Å². The lowest BCUT2D eigenvalue weighted by Gasteiger charge is -2.09. The second kappa shape index (κ2) is 5.80. The molecule has 3 heteroatoms. The van der Waals surface area contributed by atoms with Gasteiger partial charge in [-0.3, -0.25) is 4.68 Å². The largest absolute Gasteiger partial charge is 0.308 e. The van der Waals surface area contributed by atoms with Crippen molar-refractivity contribution >= 4 is 0 Å². The summed E-state index contributed by atoms with van der Waals surface area (Å²) in [7, 11) is 1.99. The fourth-order valence-electron chi connectivity index (χ4n) is 2.85. The quantitative estimate of drug-likeness (QED) is 0.873. The number of nitrogens with one attached hydrogen (secondary N) is 1. The van der Waals surface area contributed by atoms with E-state index in [-0.39, 0.29) is 0 Å². The van der Waals surface area contributed by atoms with E-state index in [9.17, 15) is 0 Å². The third-order valence-corrected chi connectivity index (χ3v) is 4.03. The molecule has 106 valence electrons. The Morgan fingerprint density at radius 1 is 1.20 bits per heavy atom. The van der Waals surface area contributed by atoms with Gasteiger partial charge in [-0.05, 0) is 36.3 Å². The van der Waals surface area contributed by atoms with E-state index in [0.717, 1.165) is 25.4 Å². The summed E-state index contributed by atoms with van der Waals surface area (Å²) < 4.78 is 1.91. The molecule has 0 atom stereocenters. The lowest BCUT2D eigenvalue weighted by atomic mass is 10.0. The van der Waals surface area contributed by atoms with Crippen molar-refractivity contribution < 1.29 is 0 Å². The van der Waals surface area contributed by atoms with Crippen LogP contribution >= 0.6 is 0 Å². The Labute approximate surface area is 121 Å². The van der Waals surface area contributed by atoms with Gasteiger partial charge in [-0.1, -0.05) is 31.2 Å². The number of benzene rings is 1. The average Bonchev–Trinajstić information content (AvgIpc) is 3.23. The summed E-state index contributed by atoms with van der Waals surface area (Å²) in [6, 6.07) is 8.85. The summed E-state index contributed by atoms with van der Waals surface area (Å²) in [5, 5.41) is 8.06. The van der Waals surface area contributed by atoms with Crippen molar-refractivity contribution in [2.75, 3.05) is 0 Å². The van der Waals surface area contributed by atoms with Gasteiger partial charge >= 0.3 is 0 Å². The van der Waals surface area contributed by atoms with Gasteiger partial charge in [0.05, 0.1) is 5.69 Å². The zero-order valence-corrected chi connectivity index (χ0v) is 12.4. The fraction of sp³-hybridized carbons (Fsp3) is 0.471. The molecule has 1 fully saturated rings. The highest BCUT2D eigenvalue weighted by molar-refractivity contribution is 5.33. The van der Waals surface area contributed by atoms with Crippen molar-refractivity contribution in [2.45, 2.75) is 45.2 Å². The highest BCUT2D eigenvalue weighted by atomic mass is 15.3. The molecule has 0 saturated heterocycles. The van der Waals surface area contributed by atoms with Crippen molar-refractivity contribution in [3.05, 3.63) is 52.8 Å². The molecule has 0 aliphatic heterocycles. The zero-order chi connectivity index (χ0) is 13.9. The number of aromatic nitrogens is 2. The van der Waals surface area contributed by atoms with Crippen LogP contribution in [-0.2, 0) is 26.6 Å². The lowest BCUT2D eigenvalue weighted by Crippen LogP contribution is -2.14. The van der Waals surface area contributed by atoms with Crippen LogP contribution in [0.2, 0.25) is 0 Å². The van der Waals surface area contributed by atoms with Gasteiger partial charge in [0.1, 0.15) is 0 Å². The summed E-state index contributed by atoms with van der Waals surface area (Å²) in [5.41, 5.74) is 5.52. The van der Waals surface area contributed by atoms with Crippen LogP contribution in [-0.4, -0.2) is 9.78 Å². The van der Waals surface area contributed by atoms with E-state index in [1.165, 1.54) is 29.7 Å². The summed E-state index contributed by atoms with van der Waals surface area (Å²) >= 11 is 0. The minimum absolute atomic E-state index is 0.817. The number of hydrogen-bond acceptors (Lipinski definition) is 2. The second-order valence-electron chi connectivity index (χ2n) is 5.70. The van der Waals surface area contributed by atoms with Gasteiger partial charge in [0.25, 0.3) is 0 Å². The average molecular weight is 269 g/mol. The molecule has 1 aromatic heterocycles. The molecule has 0 unspecified atom stereocenters. The van der Waals surface area contributed by atoms with Crippen molar-refractivity contribution in [3.63, 3.8) is 0 Å². The lowest BCUT2D eigenvalue weighted by molar-refractivity contribution is 0.683. The Hall–Kier alpha value is -1.61. The number of rotatable bonds is 6. The van der Waals surface area contributed by atoms with E-state index in [1.807, 2.05) is 11.7 Å². The molecule has 0 spiro atoms.